The van der Waals surface area contributed by atoms with E-state index in [1.807, 2.05) is 0 Å². The first kappa shape index (κ1) is 21.3. The largest absolute Gasteiger partial charge is 0.0622 e. The van der Waals surface area contributed by atoms with Crippen LogP contribution in [0.3, 0.4) is 0 Å². The van der Waals surface area contributed by atoms with E-state index in [9.17, 15) is 0 Å². The summed E-state index contributed by atoms with van der Waals surface area (Å²) in [6.45, 7) is 25.4. The lowest BCUT2D eigenvalue weighted by molar-refractivity contribution is 0.00844. The van der Waals surface area contributed by atoms with Crippen molar-refractivity contribution in [2.45, 2.75) is 88.5 Å². The summed E-state index contributed by atoms with van der Waals surface area (Å²) in [5.41, 5.74) is 0. The smallest absolute Gasteiger partial charge is 0.0357 e. The Hall–Kier alpha value is 0. The number of hydrogen-bond acceptors (Lipinski definition) is 0. The van der Waals surface area contributed by atoms with Crippen LogP contribution in [0.25, 0.3) is 0 Å². The van der Waals surface area contributed by atoms with Crippen LogP contribution in [-0.4, -0.2) is 0 Å². The Morgan fingerprint density at radius 1 is 0.400 bits per heavy atom. The summed E-state index contributed by atoms with van der Waals surface area (Å²) < 4.78 is 0. The Morgan fingerprint density at radius 2 is 0.720 bits per heavy atom. The SMILES string of the molecule is CC1CC(C)C(C)C(CCC2C(C)C(C)C(C)C(C)C2C)C(C)C1C. The van der Waals surface area contributed by atoms with E-state index in [1.54, 1.807) is 0 Å². The topological polar surface area (TPSA) is 0 Å². The van der Waals surface area contributed by atoms with Gasteiger partial charge in [0, 0.05) is 0 Å². The average Bonchev–Trinajstić information content (AvgIpc) is 2.64. The Balaban J connectivity index is 2.09. The highest BCUT2D eigenvalue weighted by molar-refractivity contribution is 4.91. The summed E-state index contributed by atoms with van der Waals surface area (Å²) in [7, 11) is 0. The molecule has 0 saturated heterocycles. The molecule has 0 heteroatoms. The molecule has 0 aromatic rings. The molecule has 0 aromatic heterocycles. The molecule has 0 aromatic carbocycles. The maximum Gasteiger partial charge on any atom is -0.0357 e. The molecule has 0 bridgehead atoms. The van der Waals surface area contributed by atoms with Crippen LogP contribution < -0.4 is 0 Å². The monoisotopic (exact) mass is 348 g/mol. The molecule has 148 valence electrons. The number of hydrogen-bond donors (Lipinski definition) is 0. The van der Waals surface area contributed by atoms with Gasteiger partial charge in [0.25, 0.3) is 0 Å². The predicted octanol–water partition coefficient (Wildman–Crippen LogP) is 7.78. The quantitative estimate of drug-likeness (QED) is 0.457. The van der Waals surface area contributed by atoms with Crippen LogP contribution in [0.15, 0.2) is 0 Å². The lowest BCUT2D eigenvalue weighted by Crippen LogP contribution is -2.41. The summed E-state index contributed by atoms with van der Waals surface area (Å²) >= 11 is 0. The maximum atomic E-state index is 2.57. The standard InChI is InChI=1S/C25H48/c1-14-13-15(2)17(4)24(21(8)16(14)3)11-12-25-22(9)19(6)18(5)20(7)23(25)10/h14-25H,11-13H2,1-10H3. The molecular weight excluding hydrogens is 300 g/mol. The first-order valence-corrected chi connectivity index (χ1v) is 11.6. The average molecular weight is 349 g/mol. The molecule has 0 nitrogen and oxygen atoms in total. The van der Waals surface area contributed by atoms with Gasteiger partial charge in [-0.25, -0.2) is 0 Å². The van der Waals surface area contributed by atoms with E-state index < -0.39 is 0 Å². The van der Waals surface area contributed by atoms with Crippen LogP contribution in [0.2, 0.25) is 0 Å². The highest BCUT2D eigenvalue weighted by Gasteiger charge is 2.42. The summed E-state index contributed by atoms with van der Waals surface area (Å²) in [6, 6.07) is 0. The maximum absolute atomic E-state index is 2.57. The van der Waals surface area contributed by atoms with Crippen LogP contribution in [0, 0.1) is 71.0 Å². The minimum atomic E-state index is 0.886. The molecule has 2 fully saturated rings. The lowest BCUT2D eigenvalue weighted by Gasteiger charge is -2.48. The third-order valence-electron chi connectivity index (χ3n) is 10.2. The van der Waals surface area contributed by atoms with Crippen LogP contribution >= 0.6 is 0 Å². The molecule has 2 aliphatic rings. The van der Waals surface area contributed by atoms with Gasteiger partial charge in [0.1, 0.15) is 0 Å². The summed E-state index contributed by atoms with van der Waals surface area (Å²) in [6.07, 6.45) is 4.37. The van der Waals surface area contributed by atoms with Gasteiger partial charge >= 0.3 is 0 Å². The van der Waals surface area contributed by atoms with Gasteiger partial charge < -0.3 is 0 Å². The first-order valence-electron chi connectivity index (χ1n) is 11.6. The highest BCUT2D eigenvalue weighted by atomic mass is 14.5. The minimum Gasteiger partial charge on any atom is -0.0622 e. The van der Waals surface area contributed by atoms with Crippen LogP contribution in [0.1, 0.15) is 88.5 Å². The van der Waals surface area contributed by atoms with Gasteiger partial charge in [-0.15, -0.1) is 0 Å². The molecule has 0 heterocycles. The van der Waals surface area contributed by atoms with Gasteiger partial charge in [0.2, 0.25) is 0 Å². The van der Waals surface area contributed by atoms with Crippen molar-refractivity contribution >= 4 is 0 Å². The van der Waals surface area contributed by atoms with Gasteiger partial charge in [-0.3, -0.25) is 0 Å². The molecule has 25 heavy (non-hydrogen) atoms. The highest BCUT2D eigenvalue weighted by Crippen LogP contribution is 2.50. The van der Waals surface area contributed by atoms with Crippen LogP contribution in [-0.2, 0) is 0 Å². The molecule has 2 aliphatic carbocycles. The molecule has 0 spiro atoms. The van der Waals surface area contributed by atoms with Crippen molar-refractivity contribution in [3.8, 4) is 0 Å². The molecule has 0 N–H and O–H groups in total. The molecule has 10 unspecified atom stereocenters. The van der Waals surface area contributed by atoms with E-state index >= 15 is 0 Å². The second-order valence-electron chi connectivity index (χ2n) is 11.0. The predicted molar refractivity (Wildman–Crippen MR) is 112 cm³/mol. The second-order valence-corrected chi connectivity index (χ2v) is 11.0. The van der Waals surface area contributed by atoms with E-state index in [2.05, 4.69) is 69.2 Å². The fourth-order valence-corrected chi connectivity index (χ4v) is 6.96. The summed E-state index contributed by atoms with van der Waals surface area (Å²) in [5, 5.41) is 0. The Morgan fingerprint density at radius 3 is 1.20 bits per heavy atom. The first-order chi connectivity index (χ1) is 11.6. The molecule has 10 atom stereocenters. The van der Waals surface area contributed by atoms with Crippen molar-refractivity contribution < 1.29 is 0 Å². The molecule has 0 radical (unpaired) electrons. The Bertz CT molecular complexity index is 396. The van der Waals surface area contributed by atoms with E-state index in [4.69, 9.17) is 0 Å². The fraction of sp³-hybridized carbons (Fsp3) is 1.00. The zero-order chi connectivity index (χ0) is 19.0. The summed E-state index contributed by atoms with van der Waals surface area (Å²) in [4.78, 5) is 0. The van der Waals surface area contributed by atoms with Gasteiger partial charge in [-0.1, -0.05) is 69.2 Å². The third-order valence-corrected chi connectivity index (χ3v) is 10.2. The molecule has 0 aliphatic heterocycles. The van der Waals surface area contributed by atoms with E-state index in [0.29, 0.717) is 0 Å². The molecule has 0 amide bonds. The fourth-order valence-electron chi connectivity index (χ4n) is 6.96. The van der Waals surface area contributed by atoms with Crippen molar-refractivity contribution in [2.75, 3.05) is 0 Å². The van der Waals surface area contributed by atoms with Crippen molar-refractivity contribution in [1.82, 2.24) is 0 Å². The Kier molecular flexibility index (Phi) is 7.11. The zero-order valence-corrected chi connectivity index (χ0v) is 19.0. The lowest BCUT2D eigenvalue weighted by atomic mass is 9.57. The zero-order valence-electron chi connectivity index (χ0n) is 19.0. The van der Waals surface area contributed by atoms with Gasteiger partial charge in [-0.05, 0) is 90.3 Å². The van der Waals surface area contributed by atoms with Gasteiger partial charge in [0.15, 0.2) is 0 Å². The van der Waals surface area contributed by atoms with Crippen molar-refractivity contribution in [1.29, 1.82) is 0 Å². The van der Waals surface area contributed by atoms with Crippen LogP contribution in [0.5, 0.6) is 0 Å². The van der Waals surface area contributed by atoms with Crippen LogP contribution in [0.4, 0.5) is 0 Å². The van der Waals surface area contributed by atoms with Gasteiger partial charge in [0.05, 0.1) is 0 Å². The summed E-state index contributed by atoms with van der Waals surface area (Å²) in [5.74, 6) is 10.8. The van der Waals surface area contributed by atoms with E-state index in [0.717, 1.165) is 71.0 Å². The van der Waals surface area contributed by atoms with E-state index in [-0.39, 0.29) is 0 Å². The van der Waals surface area contributed by atoms with Gasteiger partial charge in [-0.2, -0.15) is 0 Å². The normalized spacial score (nSPS) is 55.0. The van der Waals surface area contributed by atoms with Crippen molar-refractivity contribution in [2.24, 2.45) is 71.0 Å². The van der Waals surface area contributed by atoms with E-state index in [1.165, 1.54) is 19.3 Å². The molecule has 2 saturated carbocycles. The van der Waals surface area contributed by atoms with Crippen molar-refractivity contribution in [3.05, 3.63) is 0 Å². The molecular formula is C25H48. The minimum absolute atomic E-state index is 0.886. The van der Waals surface area contributed by atoms with Crippen molar-refractivity contribution in [3.63, 3.8) is 0 Å². The Labute approximate surface area is 159 Å². The second kappa shape index (κ2) is 8.35. The third kappa shape index (κ3) is 4.14. The molecule has 2 rings (SSSR count). The number of rotatable bonds is 3.